The number of hydrogen-bond acceptors (Lipinski definition) is 3. The maximum atomic E-state index is 10.8. The van der Waals surface area contributed by atoms with Gasteiger partial charge in [-0.3, -0.25) is 4.79 Å². The zero-order valence-corrected chi connectivity index (χ0v) is 9.10. The number of anilines is 1. The summed E-state index contributed by atoms with van der Waals surface area (Å²) < 4.78 is 0. The summed E-state index contributed by atoms with van der Waals surface area (Å²) in [7, 11) is 0. The van der Waals surface area contributed by atoms with E-state index in [1.165, 1.54) is 5.56 Å². The van der Waals surface area contributed by atoms with Gasteiger partial charge in [-0.2, -0.15) is 0 Å². The number of para-hydroxylation sites is 1. The first kappa shape index (κ1) is 11.0. The smallest absolute Gasteiger partial charge is 0.323 e. The number of rotatable bonds is 4. The summed E-state index contributed by atoms with van der Waals surface area (Å²) in [5.74, 6) is -0.413. The maximum Gasteiger partial charge on any atom is 0.323 e. The van der Waals surface area contributed by atoms with Crippen molar-refractivity contribution >= 4 is 11.7 Å². The fourth-order valence-electron chi connectivity index (χ4n) is 2.34. The lowest BCUT2D eigenvalue weighted by Crippen LogP contribution is -2.28. The Morgan fingerprint density at radius 2 is 2.25 bits per heavy atom. The van der Waals surface area contributed by atoms with E-state index in [0.29, 0.717) is 12.5 Å². The highest BCUT2D eigenvalue weighted by Gasteiger charge is 2.28. The van der Waals surface area contributed by atoms with Crippen molar-refractivity contribution in [1.29, 1.82) is 0 Å². The summed E-state index contributed by atoms with van der Waals surface area (Å²) in [4.78, 5) is 12.7. The number of aliphatic carboxylic acids is 1. The number of benzene rings is 1. The Morgan fingerprint density at radius 3 is 2.94 bits per heavy atom. The molecule has 1 aliphatic heterocycles. The lowest BCUT2D eigenvalue weighted by atomic mass is 9.98. The van der Waals surface area contributed by atoms with Crippen LogP contribution in [0, 0.1) is 0 Å². The molecule has 0 amide bonds. The van der Waals surface area contributed by atoms with Gasteiger partial charge in [-0.15, -0.1) is 0 Å². The van der Waals surface area contributed by atoms with Crippen LogP contribution in [0.5, 0.6) is 0 Å². The summed E-state index contributed by atoms with van der Waals surface area (Å²) in [6.45, 7) is 1.47. The maximum absolute atomic E-state index is 10.8. The van der Waals surface area contributed by atoms with Crippen LogP contribution in [-0.2, 0) is 4.79 Å². The zero-order chi connectivity index (χ0) is 11.5. The van der Waals surface area contributed by atoms with Crippen molar-refractivity contribution in [1.82, 2.24) is 0 Å². The molecular weight excluding hydrogens is 204 g/mol. The largest absolute Gasteiger partial charge is 0.480 e. The molecule has 0 aromatic heterocycles. The van der Waals surface area contributed by atoms with Gasteiger partial charge in [0.1, 0.15) is 6.54 Å². The number of carboxylic acid groups (broad SMARTS) is 1. The molecule has 16 heavy (non-hydrogen) atoms. The number of nitrogens with two attached hydrogens (primary N) is 1. The number of nitrogens with zero attached hydrogens (tertiary/aromatic N) is 1. The van der Waals surface area contributed by atoms with Crippen molar-refractivity contribution in [2.45, 2.75) is 12.3 Å². The Bertz CT molecular complexity index is 392. The number of carboxylic acids is 1. The predicted molar refractivity (Wildman–Crippen MR) is 62.7 cm³/mol. The monoisotopic (exact) mass is 220 g/mol. The van der Waals surface area contributed by atoms with Gasteiger partial charge in [0.05, 0.1) is 0 Å². The predicted octanol–water partition coefficient (Wildman–Crippen LogP) is 1.02. The van der Waals surface area contributed by atoms with Gasteiger partial charge >= 0.3 is 5.97 Å². The summed E-state index contributed by atoms with van der Waals surface area (Å²) in [5.41, 5.74) is 7.85. The van der Waals surface area contributed by atoms with E-state index < -0.39 is 5.97 Å². The summed E-state index contributed by atoms with van der Waals surface area (Å²) in [6.07, 6.45) is 0.910. The Hall–Kier alpha value is -1.55. The molecule has 86 valence electrons. The van der Waals surface area contributed by atoms with Crippen molar-refractivity contribution in [2.75, 3.05) is 24.5 Å². The topological polar surface area (TPSA) is 66.6 Å². The third-order valence-corrected chi connectivity index (χ3v) is 3.00. The van der Waals surface area contributed by atoms with Crippen LogP contribution in [0.2, 0.25) is 0 Å². The highest BCUT2D eigenvalue weighted by Crippen LogP contribution is 2.37. The quantitative estimate of drug-likeness (QED) is 0.795. The molecule has 0 spiro atoms. The molecular formula is C12H16N2O2. The van der Waals surface area contributed by atoms with E-state index in [1.54, 1.807) is 0 Å². The van der Waals surface area contributed by atoms with Crippen molar-refractivity contribution in [3.8, 4) is 0 Å². The minimum atomic E-state index is -0.789. The van der Waals surface area contributed by atoms with E-state index in [0.717, 1.165) is 18.7 Å². The van der Waals surface area contributed by atoms with Gasteiger partial charge in [-0.25, -0.2) is 0 Å². The number of carbonyl (C=O) groups is 1. The van der Waals surface area contributed by atoms with Crippen LogP contribution in [0.15, 0.2) is 24.3 Å². The van der Waals surface area contributed by atoms with Gasteiger partial charge in [-0.1, -0.05) is 18.2 Å². The van der Waals surface area contributed by atoms with Gasteiger partial charge < -0.3 is 15.7 Å². The van der Waals surface area contributed by atoms with Crippen LogP contribution in [0.1, 0.15) is 17.9 Å². The zero-order valence-electron chi connectivity index (χ0n) is 9.10. The lowest BCUT2D eigenvalue weighted by Gasteiger charge is -2.16. The van der Waals surface area contributed by atoms with Crippen LogP contribution in [0.3, 0.4) is 0 Å². The molecule has 0 aliphatic carbocycles. The molecule has 4 nitrogen and oxygen atoms in total. The fourth-order valence-corrected chi connectivity index (χ4v) is 2.34. The first-order valence-corrected chi connectivity index (χ1v) is 5.48. The molecule has 0 saturated carbocycles. The van der Waals surface area contributed by atoms with E-state index in [1.807, 2.05) is 23.1 Å². The molecule has 2 rings (SSSR count). The van der Waals surface area contributed by atoms with Gasteiger partial charge in [0.25, 0.3) is 0 Å². The van der Waals surface area contributed by atoms with E-state index in [-0.39, 0.29) is 6.54 Å². The third kappa shape index (κ3) is 2.02. The molecule has 1 aromatic carbocycles. The van der Waals surface area contributed by atoms with E-state index in [4.69, 9.17) is 10.8 Å². The fraction of sp³-hybridized carbons (Fsp3) is 0.417. The average Bonchev–Trinajstić information content (AvgIpc) is 2.58. The molecule has 0 bridgehead atoms. The molecule has 1 aromatic rings. The molecule has 0 saturated heterocycles. The van der Waals surface area contributed by atoms with E-state index >= 15 is 0 Å². The van der Waals surface area contributed by atoms with Crippen molar-refractivity contribution in [2.24, 2.45) is 5.73 Å². The number of hydrogen-bond donors (Lipinski definition) is 2. The Kier molecular flexibility index (Phi) is 3.10. The molecule has 1 atom stereocenters. The van der Waals surface area contributed by atoms with Crippen LogP contribution in [-0.4, -0.2) is 30.7 Å². The normalized spacial score (nSPS) is 18.6. The molecule has 1 aliphatic rings. The number of fused-ring (bicyclic) bond motifs is 1. The van der Waals surface area contributed by atoms with Crippen molar-refractivity contribution in [3.63, 3.8) is 0 Å². The van der Waals surface area contributed by atoms with Crippen LogP contribution < -0.4 is 10.6 Å². The Balaban J connectivity index is 2.24. The molecule has 4 heteroatoms. The van der Waals surface area contributed by atoms with Crippen molar-refractivity contribution < 1.29 is 9.90 Å². The van der Waals surface area contributed by atoms with Gasteiger partial charge in [-0.05, 0) is 24.6 Å². The van der Waals surface area contributed by atoms with Gasteiger partial charge in [0.15, 0.2) is 0 Å². The Labute approximate surface area is 94.7 Å². The van der Waals surface area contributed by atoms with Crippen LogP contribution in [0.4, 0.5) is 5.69 Å². The first-order chi connectivity index (χ1) is 7.72. The highest BCUT2D eigenvalue weighted by atomic mass is 16.4. The highest BCUT2D eigenvalue weighted by molar-refractivity contribution is 5.75. The standard InChI is InChI=1S/C12H16N2O2/c13-6-5-9-7-14(8-12(15)16)11-4-2-1-3-10(9)11/h1-4,9H,5-8,13H2,(H,15,16). The molecule has 3 N–H and O–H groups in total. The minimum absolute atomic E-state index is 0.0675. The lowest BCUT2D eigenvalue weighted by molar-refractivity contribution is -0.135. The van der Waals surface area contributed by atoms with Crippen LogP contribution >= 0.6 is 0 Å². The SMILES string of the molecule is NCCC1CN(CC(=O)O)c2ccccc21. The van der Waals surface area contributed by atoms with Crippen molar-refractivity contribution in [3.05, 3.63) is 29.8 Å². The van der Waals surface area contributed by atoms with Gasteiger partial charge in [0, 0.05) is 18.2 Å². The molecule has 1 heterocycles. The molecule has 1 unspecified atom stereocenters. The summed E-state index contributed by atoms with van der Waals surface area (Å²) >= 11 is 0. The minimum Gasteiger partial charge on any atom is -0.480 e. The van der Waals surface area contributed by atoms with Gasteiger partial charge in [0.2, 0.25) is 0 Å². The molecule has 0 fully saturated rings. The summed E-state index contributed by atoms with van der Waals surface area (Å²) in [6, 6.07) is 7.98. The van der Waals surface area contributed by atoms with E-state index in [2.05, 4.69) is 6.07 Å². The Morgan fingerprint density at radius 1 is 1.50 bits per heavy atom. The molecule has 0 radical (unpaired) electrons. The van der Waals surface area contributed by atoms with Crippen LogP contribution in [0.25, 0.3) is 0 Å². The second kappa shape index (κ2) is 4.53. The van der Waals surface area contributed by atoms with E-state index in [9.17, 15) is 4.79 Å². The average molecular weight is 220 g/mol. The first-order valence-electron chi connectivity index (χ1n) is 5.48. The second-order valence-corrected chi connectivity index (χ2v) is 4.11. The second-order valence-electron chi connectivity index (χ2n) is 4.11. The summed E-state index contributed by atoms with van der Waals surface area (Å²) in [5, 5.41) is 8.85. The third-order valence-electron chi connectivity index (χ3n) is 3.00.